The van der Waals surface area contributed by atoms with E-state index in [4.69, 9.17) is 4.74 Å². The Kier molecular flexibility index (Phi) is 5.08. The summed E-state index contributed by atoms with van der Waals surface area (Å²) in [5, 5.41) is 10.9. The van der Waals surface area contributed by atoms with E-state index in [1.165, 1.54) is 18.3 Å². The van der Waals surface area contributed by atoms with Gasteiger partial charge in [-0.3, -0.25) is 4.79 Å². The maximum atomic E-state index is 12.3. The van der Waals surface area contributed by atoms with Gasteiger partial charge in [-0.25, -0.2) is 0 Å². The van der Waals surface area contributed by atoms with Crippen molar-refractivity contribution < 1.29 is 14.5 Å². The predicted molar refractivity (Wildman–Crippen MR) is 91.6 cm³/mol. The highest BCUT2D eigenvalue weighted by atomic mass is 16.6. The van der Waals surface area contributed by atoms with Crippen LogP contribution in [0.4, 0.5) is 11.5 Å². The van der Waals surface area contributed by atoms with Gasteiger partial charge in [0.05, 0.1) is 0 Å². The monoisotopic (exact) mass is 342 g/mol. The Hall–Kier alpha value is -3.16. The zero-order chi connectivity index (χ0) is 17.6. The second kappa shape index (κ2) is 7.61. The van der Waals surface area contributed by atoms with Crippen molar-refractivity contribution in [2.75, 3.05) is 37.7 Å². The molecule has 2 aromatic rings. The molecule has 8 nitrogen and oxygen atoms in total. The molecule has 1 aromatic heterocycles. The Morgan fingerprint density at radius 1 is 1.12 bits per heavy atom. The van der Waals surface area contributed by atoms with Crippen LogP contribution in [0.3, 0.4) is 0 Å². The number of nitrogens with zero attached hydrogens (tertiary/aromatic N) is 4. The van der Waals surface area contributed by atoms with Gasteiger partial charge in [0.25, 0.3) is 5.91 Å². The van der Waals surface area contributed by atoms with Crippen LogP contribution in [-0.2, 0) is 4.79 Å². The van der Waals surface area contributed by atoms with Gasteiger partial charge in [0.2, 0.25) is 5.75 Å². The number of hydrogen-bond acceptors (Lipinski definition) is 6. The van der Waals surface area contributed by atoms with E-state index >= 15 is 0 Å². The first-order chi connectivity index (χ1) is 12.1. The molecule has 0 radical (unpaired) electrons. The normalized spacial score (nSPS) is 14.2. The lowest BCUT2D eigenvalue weighted by Gasteiger charge is -2.36. The predicted octanol–water partition coefficient (Wildman–Crippen LogP) is 1.72. The molecule has 3 rings (SSSR count). The standard InChI is InChI=1S/C17H18N4O4/c22-16(13-25-15-7-4-8-18-17(15)21(23)24)20-11-9-19(10-12-20)14-5-2-1-3-6-14/h1-8H,9-13H2. The zero-order valence-corrected chi connectivity index (χ0v) is 13.6. The summed E-state index contributed by atoms with van der Waals surface area (Å²) in [5.41, 5.74) is 1.14. The van der Waals surface area contributed by atoms with Crippen molar-refractivity contribution >= 4 is 17.4 Å². The van der Waals surface area contributed by atoms with E-state index in [0.29, 0.717) is 13.1 Å². The summed E-state index contributed by atoms with van der Waals surface area (Å²) in [5.74, 6) is -0.571. The van der Waals surface area contributed by atoms with Crippen molar-refractivity contribution in [2.45, 2.75) is 0 Å². The van der Waals surface area contributed by atoms with Crippen LogP contribution in [0.5, 0.6) is 5.75 Å². The Labute approximate surface area is 144 Å². The third-order valence-corrected chi connectivity index (χ3v) is 4.03. The van der Waals surface area contributed by atoms with Crippen molar-refractivity contribution in [2.24, 2.45) is 0 Å². The Morgan fingerprint density at radius 2 is 1.84 bits per heavy atom. The maximum absolute atomic E-state index is 12.3. The number of nitro groups is 1. The van der Waals surface area contributed by atoms with Crippen LogP contribution < -0.4 is 9.64 Å². The number of amides is 1. The quantitative estimate of drug-likeness (QED) is 0.607. The van der Waals surface area contributed by atoms with Crippen LogP contribution in [0, 0.1) is 10.1 Å². The number of hydrogen-bond donors (Lipinski definition) is 0. The highest BCUT2D eigenvalue weighted by Gasteiger charge is 2.23. The molecular formula is C17H18N4O4. The van der Waals surface area contributed by atoms with E-state index in [1.54, 1.807) is 4.90 Å². The number of aromatic nitrogens is 1. The molecule has 0 N–H and O–H groups in total. The van der Waals surface area contributed by atoms with Gasteiger partial charge >= 0.3 is 5.82 Å². The second-order valence-electron chi connectivity index (χ2n) is 5.57. The summed E-state index contributed by atoms with van der Waals surface area (Å²) in [7, 11) is 0. The lowest BCUT2D eigenvalue weighted by Crippen LogP contribution is -2.50. The van der Waals surface area contributed by atoms with Crippen LogP contribution in [-0.4, -0.2) is 53.5 Å². The van der Waals surface area contributed by atoms with Gasteiger partial charge in [-0.1, -0.05) is 18.2 Å². The van der Waals surface area contributed by atoms with Crippen molar-refractivity contribution in [3.63, 3.8) is 0 Å². The number of benzene rings is 1. The topological polar surface area (TPSA) is 88.8 Å². The Morgan fingerprint density at radius 3 is 2.52 bits per heavy atom. The molecule has 1 fully saturated rings. The summed E-state index contributed by atoms with van der Waals surface area (Å²) >= 11 is 0. The molecule has 0 aliphatic carbocycles. The molecule has 8 heteroatoms. The van der Waals surface area contributed by atoms with Gasteiger partial charge < -0.3 is 24.7 Å². The number of ether oxygens (including phenoxy) is 1. The minimum absolute atomic E-state index is 0.00349. The van der Waals surface area contributed by atoms with Crippen LogP contribution in [0.2, 0.25) is 0 Å². The number of para-hydroxylation sites is 1. The van der Waals surface area contributed by atoms with Gasteiger partial charge in [0.15, 0.2) is 6.61 Å². The number of carbonyl (C=O) groups is 1. The van der Waals surface area contributed by atoms with Crippen molar-refractivity contribution in [3.8, 4) is 5.75 Å². The molecule has 0 spiro atoms. The number of carbonyl (C=O) groups excluding carboxylic acids is 1. The average molecular weight is 342 g/mol. The van der Waals surface area contributed by atoms with Crippen LogP contribution in [0.25, 0.3) is 0 Å². The largest absolute Gasteiger partial charge is 0.476 e. The summed E-state index contributed by atoms with van der Waals surface area (Å²) in [4.78, 5) is 30.1. The van der Waals surface area contributed by atoms with E-state index in [1.807, 2.05) is 30.3 Å². The Balaban J connectivity index is 1.53. The van der Waals surface area contributed by atoms with Crippen molar-refractivity contribution in [3.05, 3.63) is 58.8 Å². The smallest absolute Gasteiger partial charge is 0.406 e. The number of rotatable bonds is 5. The number of piperazine rings is 1. The zero-order valence-electron chi connectivity index (χ0n) is 13.6. The lowest BCUT2D eigenvalue weighted by molar-refractivity contribution is -0.390. The SMILES string of the molecule is O=C(COc1cccnc1[N+](=O)[O-])N1CCN(c2ccccc2)CC1. The van der Waals surface area contributed by atoms with Crippen molar-refractivity contribution in [1.29, 1.82) is 0 Å². The first-order valence-electron chi connectivity index (χ1n) is 7.95. The molecule has 0 unspecified atom stereocenters. The van der Waals surface area contributed by atoms with Crippen LogP contribution in [0.1, 0.15) is 0 Å². The molecule has 1 aliphatic heterocycles. The summed E-state index contributed by atoms with van der Waals surface area (Å²) in [6.07, 6.45) is 1.32. The average Bonchev–Trinajstić information content (AvgIpc) is 2.67. The highest BCUT2D eigenvalue weighted by Crippen LogP contribution is 2.23. The van der Waals surface area contributed by atoms with E-state index in [-0.39, 0.29) is 24.1 Å². The fourth-order valence-corrected chi connectivity index (χ4v) is 2.72. The molecule has 0 atom stereocenters. The molecular weight excluding hydrogens is 324 g/mol. The summed E-state index contributed by atoms with van der Waals surface area (Å²) in [6.45, 7) is 2.42. The summed E-state index contributed by atoms with van der Waals surface area (Å²) < 4.78 is 5.32. The van der Waals surface area contributed by atoms with E-state index < -0.39 is 4.92 Å². The summed E-state index contributed by atoms with van der Waals surface area (Å²) in [6, 6.07) is 13.0. The molecule has 0 bridgehead atoms. The van der Waals surface area contributed by atoms with Crippen LogP contribution >= 0.6 is 0 Å². The first-order valence-corrected chi connectivity index (χ1v) is 7.95. The van der Waals surface area contributed by atoms with Gasteiger partial charge in [0.1, 0.15) is 6.20 Å². The molecule has 0 saturated carbocycles. The lowest BCUT2D eigenvalue weighted by atomic mass is 10.2. The third kappa shape index (κ3) is 4.03. The third-order valence-electron chi connectivity index (χ3n) is 4.03. The molecule has 130 valence electrons. The van der Waals surface area contributed by atoms with Gasteiger partial charge in [-0.05, 0) is 34.2 Å². The molecule has 1 amide bonds. The molecule has 1 aromatic carbocycles. The molecule has 25 heavy (non-hydrogen) atoms. The minimum Gasteiger partial charge on any atom is -0.476 e. The molecule has 2 heterocycles. The minimum atomic E-state index is -0.627. The number of pyridine rings is 1. The Bertz CT molecular complexity index is 745. The molecule has 1 saturated heterocycles. The van der Waals surface area contributed by atoms with Crippen LogP contribution in [0.15, 0.2) is 48.7 Å². The fourth-order valence-electron chi connectivity index (χ4n) is 2.72. The highest BCUT2D eigenvalue weighted by molar-refractivity contribution is 5.78. The van der Waals surface area contributed by atoms with Gasteiger partial charge in [-0.15, -0.1) is 0 Å². The fraction of sp³-hybridized carbons (Fsp3) is 0.294. The van der Waals surface area contributed by atoms with E-state index in [0.717, 1.165) is 18.8 Å². The van der Waals surface area contributed by atoms with Crippen molar-refractivity contribution in [1.82, 2.24) is 9.88 Å². The van der Waals surface area contributed by atoms with Gasteiger partial charge in [-0.2, -0.15) is 0 Å². The van der Waals surface area contributed by atoms with E-state index in [9.17, 15) is 14.9 Å². The van der Waals surface area contributed by atoms with E-state index in [2.05, 4.69) is 9.88 Å². The molecule has 1 aliphatic rings. The van der Waals surface area contributed by atoms with Gasteiger partial charge in [0, 0.05) is 31.9 Å². The first kappa shape index (κ1) is 16.7. The maximum Gasteiger partial charge on any atom is 0.406 e. The number of anilines is 1. The second-order valence-corrected chi connectivity index (χ2v) is 5.57.